The van der Waals surface area contributed by atoms with Gasteiger partial charge in [0.2, 0.25) is 5.95 Å². The molecule has 120 valence electrons. The van der Waals surface area contributed by atoms with Gasteiger partial charge in [-0.05, 0) is 25.4 Å². The third-order valence-electron chi connectivity index (χ3n) is 3.43. The molecule has 22 heavy (non-hydrogen) atoms. The predicted molar refractivity (Wildman–Crippen MR) is 90.2 cm³/mol. The van der Waals surface area contributed by atoms with Crippen molar-refractivity contribution >= 4 is 41.5 Å². The lowest BCUT2D eigenvalue weighted by Crippen LogP contribution is -2.18. The third kappa shape index (κ3) is 4.22. The van der Waals surface area contributed by atoms with Gasteiger partial charge in [0.15, 0.2) is 5.82 Å². The highest BCUT2D eigenvalue weighted by Gasteiger charge is 2.15. The van der Waals surface area contributed by atoms with Gasteiger partial charge in [0.25, 0.3) is 0 Å². The lowest BCUT2D eigenvalue weighted by atomic mass is 10.1. The lowest BCUT2D eigenvalue weighted by Gasteiger charge is -2.12. The molecule has 0 aliphatic carbocycles. The van der Waals surface area contributed by atoms with Crippen LogP contribution in [0.3, 0.4) is 0 Å². The first-order valence-electron chi connectivity index (χ1n) is 6.93. The molecule has 0 unspecified atom stereocenters. The molecule has 1 fully saturated rings. The second-order valence-electron chi connectivity index (χ2n) is 5.16. The first-order valence-corrected chi connectivity index (χ1v) is 7.31. The van der Waals surface area contributed by atoms with E-state index < -0.39 is 0 Å². The highest BCUT2D eigenvalue weighted by molar-refractivity contribution is 6.32. The molecule has 9 heteroatoms. The second-order valence-corrected chi connectivity index (χ2v) is 5.56. The van der Waals surface area contributed by atoms with Crippen LogP contribution in [-0.4, -0.2) is 39.4 Å². The number of nitrogens with one attached hydrogen (secondary N) is 3. The molecular formula is C13H19Cl2N7. The van der Waals surface area contributed by atoms with E-state index in [1.807, 2.05) is 13.2 Å². The fourth-order valence-corrected chi connectivity index (χ4v) is 2.45. The van der Waals surface area contributed by atoms with Crippen LogP contribution >= 0.6 is 24.0 Å². The van der Waals surface area contributed by atoms with Crippen molar-refractivity contribution in [3.8, 4) is 0 Å². The summed E-state index contributed by atoms with van der Waals surface area (Å²) in [6, 6.07) is 0. The minimum absolute atomic E-state index is 0. The zero-order valence-corrected chi connectivity index (χ0v) is 13.8. The van der Waals surface area contributed by atoms with Crippen LogP contribution in [0.4, 0.5) is 17.5 Å². The first kappa shape index (κ1) is 16.8. The SMILES string of the molecule is Cl.Cn1cc(Nc2ncc(Cl)c(NC[C@H]3CCNC3)n2)cn1. The lowest BCUT2D eigenvalue weighted by molar-refractivity contribution is 0.614. The largest absolute Gasteiger partial charge is 0.368 e. The maximum absolute atomic E-state index is 6.14. The van der Waals surface area contributed by atoms with Crippen molar-refractivity contribution < 1.29 is 0 Å². The molecule has 1 aliphatic heterocycles. The van der Waals surface area contributed by atoms with E-state index in [4.69, 9.17) is 11.6 Å². The van der Waals surface area contributed by atoms with Crippen LogP contribution in [0.25, 0.3) is 0 Å². The van der Waals surface area contributed by atoms with Crippen LogP contribution in [0.2, 0.25) is 5.02 Å². The highest BCUT2D eigenvalue weighted by atomic mass is 35.5. The predicted octanol–water partition coefficient (Wildman–Crippen LogP) is 2.05. The van der Waals surface area contributed by atoms with Crippen molar-refractivity contribution in [1.29, 1.82) is 0 Å². The summed E-state index contributed by atoms with van der Waals surface area (Å²) >= 11 is 6.14. The summed E-state index contributed by atoms with van der Waals surface area (Å²) in [6.07, 6.45) is 6.35. The van der Waals surface area contributed by atoms with Gasteiger partial charge in [0, 0.05) is 19.8 Å². The number of rotatable bonds is 5. The fourth-order valence-electron chi connectivity index (χ4n) is 2.30. The van der Waals surface area contributed by atoms with Crippen molar-refractivity contribution in [3.63, 3.8) is 0 Å². The molecule has 2 aromatic heterocycles. The fraction of sp³-hybridized carbons (Fsp3) is 0.462. The number of aryl methyl sites for hydroxylation is 1. The van der Waals surface area contributed by atoms with E-state index in [0.29, 0.717) is 22.7 Å². The maximum Gasteiger partial charge on any atom is 0.229 e. The third-order valence-corrected chi connectivity index (χ3v) is 3.70. The Labute approximate surface area is 140 Å². The second kappa shape index (κ2) is 7.62. The van der Waals surface area contributed by atoms with Crippen molar-refractivity contribution in [3.05, 3.63) is 23.6 Å². The molecule has 1 aliphatic rings. The van der Waals surface area contributed by atoms with E-state index in [-0.39, 0.29) is 12.4 Å². The molecule has 0 amide bonds. The maximum atomic E-state index is 6.14. The Morgan fingerprint density at radius 1 is 1.45 bits per heavy atom. The van der Waals surface area contributed by atoms with E-state index in [0.717, 1.165) is 25.3 Å². The Morgan fingerprint density at radius 2 is 2.32 bits per heavy atom. The van der Waals surface area contributed by atoms with Crippen molar-refractivity contribution in [2.24, 2.45) is 13.0 Å². The average molecular weight is 344 g/mol. The summed E-state index contributed by atoms with van der Waals surface area (Å²) in [5.41, 5.74) is 0.839. The van der Waals surface area contributed by atoms with Crippen LogP contribution in [0.15, 0.2) is 18.6 Å². The molecule has 0 saturated carbocycles. The summed E-state index contributed by atoms with van der Waals surface area (Å²) in [6.45, 7) is 2.98. The molecule has 3 rings (SSSR count). The van der Waals surface area contributed by atoms with Gasteiger partial charge >= 0.3 is 0 Å². The van der Waals surface area contributed by atoms with Gasteiger partial charge in [-0.2, -0.15) is 10.1 Å². The highest BCUT2D eigenvalue weighted by Crippen LogP contribution is 2.22. The summed E-state index contributed by atoms with van der Waals surface area (Å²) < 4.78 is 1.71. The van der Waals surface area contributed by atoms with E-state index in [1.54, 1.807) is 17.1 Å². The number of hydrogen-bond acceptors (Lipinski definition) is 6. The van der Waals surface area contributed by atoms with Crippen molar-refractivity contribution in [2.45, 2.75) is 6.42 Å². The number of hydrogen-bond donors (Lipinski definition) is 3. The van der Waals surface area contributed by atoms with Crippen LogP contribution < -0.4 is 16.0 Å². The molecule has 0 aromatic carbocycles. The smallest absolute Gasteiger partial charge is 0.229 e. The Bertz CT molecular complexity index is 610. The summed E-state index contributed by atoms with van der Waals surface area (Å²) in [5, 5.41) is 14.4. The van der Waals surface area contributed by atoms with Crippen molar-refractivity contribution in [2.75, 3.05) is 30.3 Å². The van der Waals surface area contributed by atoms with Crippen molar-refractivity contribution in [1.82, 2.24) is 25.1 Å². The van der Waals surface area contributed by atoms with Crippen LogP contribution in [0.5, 0.6) is 0 Å². The molecule has 7 nitrogen and oxygen atoms in total. The summed E-state index contributed by atoms with van der Waals surface area (Å²) in [5.74, 6) is 1.77. The molecule has 0 bridgehead atoms. The molecule has 1 atom stereocenters. The zero-order chi connectivity index (χ0) is 14.7. The molecule has 0 spiro atoms. The molecular weight excluding hydrogens is 325 g/mol. The molecule has 3 N–H and O–H groups in total. The molecule has 2 aromatic rings. The van der Waals surface area contributed by atoms with Gasteiger partial charge in [-0.1, -0.05) is 11.6 Å². The Hall–Kier alpha value is -1.57. The van der Waals surface area contributed by atoms with Gasteiger partial charge < -0.3 is 16.0 Å². The molecule has 1 saturated heterocycles. The van der Waals surface area contributed by atoms with Gasteiger partial charge in [-0.25, -0.2) is 4.98 Å². The van der Waals surface area contributed by atoms with Gasteiger partial charge in [0.1, 0.15) is 5.02 Å². The standard InChI is InChI=1S/C13H18ClN7.ClH/c1-21-8-10(6-18-21)19-13-17-7-11(14)12(20-13)16-5-9-2-3-15-4-9;/h6-9,15H,2-5H2,1H3,(H2,16,17,19,20);1H/t9-;/m0./s1. The van der Waals surface area contributed by atoms with E-state index in [9.17, 15) is 0 Å². The Morgan fingerprint density at radius 3 is 3.00 bits per heavy atom. The average Bonchev–Trinajstić information content (AvgIpc) is 3.11. The van der Waals surface area contributed by atoms with E-state index in [1.165, 1.54) is 6.42 Å². The summed E-state index contributed by atoms with van der Waals surface area (Å²) in [7, 11) is 1.86. The zero-order valence-electron chi connectivity index (χ0n) is 12.2. The summed E-state index contributed by atoms with van der Waals surface area (Å²) in [4.78, 5) is 8.59. The van der Waals surface area contributed by atoms with Gasteiger partial charge in [0.05, 0.1) is 18.1 Å². The minimum Gasteiger partial charge on any atom is -0.368 e. The van der Waals surface area contributed by atoms with Gasteiger partial charge in [-0.3, -0.25) is 4.68 Å². The van der Waals surface area contributed by atoms with E-state index >= 15 is 0 Å². The van der Waals surface area contributed by atoms with Crippen LogP contribution in [0.1, 0.15) is 6.42 Å². The number of halogens is 2. The molecule has 0 radical (unpaired) electrons. The monoisotopic (exact) mass is 343 g/mol. The van der Waals surface area contributed by atoms with Gasteiger partial charge in [-0.15, -0.1) is 12.4 Å². The number of anilines is 3. The topological polar surface area (TPSA) is 79.7 Å². The normalized spacial score (nSPS) is 17.1. The minimum atomic E-state index is 0. The Balaban J connectivity index is 0.00000176. The number of nitrogens with zero attached hydrogens (tertiary/aromatic N) is 4. The van der Waals surface area contributed by atoms with Crippen LogP contribution in [-0.2, 0) is 7.05 Å². The number of aromatic nitrogens is 4. The first-order chi connectivity index (χ1) is 10.2. The Kier molecular flexibility index (Phi) is 5.82. The van der Waals surface area contributed by atoms with Crippen LogP contribution in [0, 0.1) is 5.92 Å². The molecule has 3 heterocycles. The quantitative estimate of drug-likeness (QED) is 0.770. The van der Waals surface area contributed by atoms with E-state index in [2.05, 4.69) is 31.0 Å².